The lowest BCUT2D eigenvalue weighted by molar-refractivity contribution is 0.158. The van der Waals surface area contributed by atoms with Gasteiger partial charge in [-0.3, -0.25) is 4.90 Å². The van der Waals surface area contributed by atoms with Crippen molar-refractivity contribution in [1.29, 1.82) is 0 Å². The molecule has 2 N–H and O–H groups in total. The number of aryl methyl sites for hydroxylation is 3. The van der Waals surface area contributed by atoms with E-state index in [9.17, 15) is 0 Å². The van der Waals surface area contributed by atoms with Crippen molar-refractivity contribution in [3.05, 3.63) is 34.4 Å². The van der Waals surface area contributed by atoms with Gasteiger partial charge in [0.2, 0.25) is 0 Å². The highest BCUT2D eigenvalue weighted by Gasteiger charge is 2.22. The molecule has 0 bridgehead atoms. The van der Waals surface area contributed by atoms with E-state index in [-0.39, 0.29) is 0 Å². The summed E-state index contributed by atoms with van der Waals surface area (Å²) in [5.41, 5.74) is 11.8. The van der Waals surface area contributed by atoms with Crippen LogP contribution in [0.15, 0.2) is 12.1 Å². The molecule has 2 heteroatoms. The summed E-state index contributed by atoms with van der Waals surface area (Å²) >= 11 is 0. The molecular formula is C16H26N2. The maximum Gasteiger partial charge on any atom is 0.0239 e. The molecule has 0 amide bonds. The Morgan fingerprint density at radius 1 is 1.17 bits per heavy atom. The maximum atomic E-state index is 6.13. The monoisotopic (exact) mass is 246 g/mol. The first kappa shape index (κ1) is 13.6. The molecule has 1 fully saturated rings. The molecule has 1 aromatic rings. The molecule has 100 valence electrons. The zero-order chi connectivity index (χ0) is 13.3. The third-order valence-corrected chi connectivity index (χ3v) is 3.99. The second kappa shape index (κ2) is 5.41. The van der Waals surface area contributed by atoms with E-state index < -0.39 is 0 Å². The van der Waals surface area contributed by atoms with Gasteiger partial charge in [-0.1, -0.05) is 24.6 Å². The van der Waals surface area contributed by atoms with Gasteiger partial charge in [-0.15, -0.1) is 0 Å². The minimum atomic E-state index is 0.347. The van der Waals surface area contributed by atoms with Crippen LogP contribution in [-0.2, 0) is 6.54 Å². The van der Waals surface area contributed by atoms with Crippen LogP contribution in [0.3, 0.4) is 0 Å². The summed E-state index contributed by atoms with van der Waals surface area (Å²) in [6, 6.07) is 4.92. The van der Waals surface area contributed by atoms with E-state index in [4.69, 9.17) is 5.73 Å². The van der Waals surface area contributed by atoms with Crippen LogP contribution < -0.4 is 5.73 Å². The number of hydrogen-bond acceptors (Lipinski definition) is 2. The Morgan fingerprint density at radius 2 is 1.78 bits per heavy atom. The molecule has 2 nitrogen and oxygen atoms in total. The molecule has 1 aromatic carbocycles. The molecule has 0 aromatic heterocycles. The van der Waals surface area contributed by atoms with Gasteiger partial charge < -0.3 is 5.73 Å². The lowest BCUT2D eigenvalue weighted by Gasteiger charge is -2.35. The fraction of sp³-hybridized carbons (Fsp3) is 0.625. The van der Waals surface area contributed by atoms with Crippen LogP contribution in [0.4, 0.5) is 0 Å². The van der Waals surface area contributed by atoms with Crippen molar-refractivity contribution in [3.63, 3.8) is 0 Å². The fourth-order valence-electron chi connectivity index (χ4n) is 3.32. The third-order valence-electron chi connectivity index (χ3n) is 3.99. The molecule has 1 aliphatic rings. The van der Waals surface area contributed by atoms with E-state index in [0.29, 0.717) is 6.04 Å². The summed E-state index contributed by atoms with van der Waals surface area (Å²) in [6.45, 7) is 12.2. The second-order valence-electron chi connectivity index (χ2n) is 6.17. The Bertz CT molecular complexity index is 392. The first-order valence-electron chi connectivity index (χ1n) is 7.00. The SMILES string of the molecule is Cc1cc(C)c(CN2CC(C)CC(N)C2)c(C)c1. The van der Waals surface area contributed by atoms with Crippen LogP contribution in [-0.4, -0.2) is 24.0 Å². The first-order chi connectivity index (χ1) is 8.45. The summed E-state index contributed by atoms with van der Waals surface area (Å²) in [5.74, 6) is 0.722. The van der Waals surface area contributed by atoms with E-state index in [0.717, 1.165) is 19.0 Å². The van der Waals surface area contributed by atoms with Gasteiger partial charge in [0.05, 0.1) is 0 Å². The van der Waals surface area contributed by atoms with E-state index in [1.54, 1.807) is 0 Å². The highest BCUT2D eigenvalue weighted by Crippen LogP contribution is 2.22. The van der Waals surface area contributed by atoms with Gasteiger partial charge in [-0.25, -0.2) is 0 Å². The number of piperidine rings is 1. The number of benzene rings is 1. The summed E-state index contributed by atoms with van der Waals surface area (Å²) in [4.78, 5) is 2.52. The van der Waals surface area contributed by atoms with Crippen LogP contribution in [0.25, 0.3) is 0 Å². The van der Waals surface area contributed by atoms with Crippen molar-refractivity contribution in [2.24, 2.45) is 11.7 Å². The van der Waals surface area contributed by atoms with Gasteiger partial charge in [-0.05, 0) is 49.8 Å². The lowest BCUT2D eigenvalue weighted by Crippen LogP contribution is -2.45. The number of rotatable bonds is 2. The van der Waals surface area contributed by atoms with Gasteiger partial charge in [-0.2, -0.15) is 0 Å². The number of likely N-dealkylation sites (tertiary alicyclic amines) is 1. The minimum absolute atomic E-state index is 0.347. The molecule has 1 heterocycles. The molecule has 2 rings (SSSR count). The minimum Gasteiger partial charge on any atom is -0.327 e. The molecule has 2 atom stereocenters. The van der Waals surface area contributed by atoms with E-state index in [1.807, 2.05) is 0 Å². The average Bonchev–Trinajstić information content (AvgIpc) is 2.22. The Hall–Kier alpha value is -0.860. The van der Waals surface area contributed by atoms with Crippen LogP contribution in [0.1, 0.15) is 35.6 Å². The largest absolute Gasteiger partial charge is 0.327 e. The molecule has 2 unspecified atom stereocenters. The summed E-state index contributed by atoms with van der Waals surface area (Å²) in [5, 5.41) is 0. The van der Waals surface area contributed by atoms with Crippen LogP contribution in [0, 0.1) is 26.7 Å². The van der Waals surface area contributed by atoms with Gasteiger partial charge >= 0.3 is 0 Å². The average molecular weight is 246 g/mol. The predicted molar refractivity (Wildman–Crippen MR) is 77.7 cm³/mol. The second-order valence-corrected chi connectivity index (χ2v) is 6.17. The van der Waals surface area contributed by atoms with Crippen LogP contribution in [0.2, 0.25) is 0 Å². The van der Waals surface area contributed by atoms with Gasteiger partial charge in [0.1, 0.15) is 0 Å². The van der Waals surface area contributed by atoms with E-state index in [2.05, 4.69) is 44.7 Å². The van der Waals surface area contributed by atoms with Crippen molar-refractivity contribution in [2.75, 3.05) is 13.1 Å². The lowest BCUT2D eigenvalue weighted by atomic mass is 9.94. The van der Waals surface area contributed by atoms with Crippen LogP contribution >= 0.6 is 0 Å². The molecule has 0 aliphatic carbocycles. The van der Waals surface area contributed by atoms with Crippen molar-refractivity contribution in [2.45, 2.75) is 46.7 Å². The summed E-state index contributed by atoms with van der Waals surface area (Å²) < 4.78 is 0. The van der Waals surface area contributed by atoms with Gasteiger partial charge in [0.25, 0.3) is 0 Å². The highest BCUT2D eigenvalue weighted by molar-refractivity contribution is 5.37. The number of hydrogen-bond donors (Lipinski definition) is 1. The smallest absolute Gasteiger partial charge is 0.0239 e. The standard InChI is InChI=1S/C16H26N2/c1-11-5-13(3)16(14(4)6-11)10-18-8-12(2)7-15(17)9-18/h5-6,12,15H,7-10,17H2,1-4H3. The number of nitrogens with zero attached hydrogens (tertiary/aromatic N) is 1. The van der Waals surface area contributed by atoms with E-state index >= 15 is 0 Å². The fourth-order valence-corrected chi connectivity index (χ4v) is 3.32. The summed E-state index contributed by atoms with van der Waals surface area (Å²) in [7, 11) is 0. The zero-order valence-corrected chi connectivity index (χ0v) is 12.2. The quantitative estimate of drug-likeness (QED) is 0.869. The topological polar surface area (TPSA) is 29.3 Å². The molecule has 1 saturated heterocycles. The van der Waals surface area contributed by atoms with Crippen molar-refractivity contribution in [1.82, 2.24) is 4.90 Å². The Morgan fingerprint density at radius 3 is 2.33 bits per heavy atom. The Labute approximate surface area is 111 Å². The van der Waals surface area contributed by atoms with E-state index in [1.165, 1.54) is 35.2 Å². The molecule has 0 saturated carbocycles. The molecule has 1 aliphatic heterocycles. The summed E-state index contributed by atoms with van der Waals surface area (Å²) in [6.07, 6.45) is 1.17. The maximum absolute atomic E-state index is 6.13. The van der Waals surface area contributed by atoms with Crippen LogP contribution in [0.5, 0.6) is 0 Å². The predicted octanol–water partition coefficient (Wildman–Crippen LogP) is 2.78. The Kier molecular flexibility index (Phi) is 4.08. The molecule has 0 spiro atoms. The molecule has 0 radical (unpaired) electrons. The zero-order valence-electron chi connectivity index (χ0n) is 12.2. The number of nitrogens with two attached hydrogens (primary N) is 1. The van der Waals surface area contributed by atoms with Crippen molar-refractivity contribution < 1.29 is 0 Å². The normalized spacial score (nSPS) is 25.4. The molecular weight excluding hydrogens is 220 g/mol. The van der Waals surface area contributed by atoms with Gasteiger partial charge in [0.15, 0.2) is 0 Å². The Balaban J connectivity index is 2.14. The highest BCUT2D eigenvalue weighted by atomic mass is 15.1. The van der Waals surface area contributed by atoms with Crippen molar-refractivity contribution in [3.8, 4) is 0 Å². The third kappa shape index (κ3) is 3.12. The van der Waals surface area contributed by atoms with Crippen molar-refractivity contribution >= 4 is 0 Å². The molecule has 18 heavy (non-hydrogen) atoms. The van der Waals surface area contributed by atoms with Gasteiger partial charge in [0, 0.05) is 25.7 Å². The first-order valence-corrected chi connectivity index (χ1v) is 7.00.